The number of hydrogen-bond donors (Lipinski definition) is 1. The number of carbonyl (C=O) groups is 2. The summed E-state index contributed by atoms with van der Waals surface area (Å²) in [7, 11) is 1.33. The van der Waals surface area contributed by atoms with Gasteiger partial charge < -0.3 is 10.1 Å². The van der Waals surface area contributed by atoms with E-state index < -0.39 is 0 Å². The highest BCUT2D eigenvalue weighted by Crippen LogP contribution is 2.30. The number of esters is 1. The molecule has 84 valence electrons. The number of carbonyl (C=O) groups excluding carboxylic acids is 2. The van der Waals surface area contributed by atoms with Gasteiger partial charge in [-0.25, -0.2) is 0 Å². The molecule has 0 bridgehead atoms. The first-order valence-corrected chi connectivity index (χ1v) is 5.16. The average Bonchev–Trinajstić information content (AvgIpc) is 2.58. The summed E-state index contributed by atoms with van der Waals surface area (Å²) < 4.78 is 4.57. The van der Waals surface area contributed by atoms with Crippen LogP contribution in [0.25, 0.3) is 0 Å². The Balaban J connectivity index is 2.31. The number of ether oxygens (including phenoxy) is 1. The molecule has 0 saturated heterocycles. The molecule has 1 aromatic carbocycles. The maximum Gasteiger partial charge on any atom is 0.310 e. The maximum atomic E-state index is 11.2. The molecule has 0 atom stereocenters. The summed E-state index contributed by atoms with van der Waals surface area (Å²) in [4.78, 5) is 22.3. The van der Waals surface area contributed by atoms with Gasteiger partial charge in [0.25, 0.3) is 0 Å². The minimum atomic E-state index is -0.348. The second-order valence-electron chi connectivity index (χ2n) is 3.58. The zero-order chi connectivity index (χ0) is 11.7. The number of rotatable bonds is 2. The van der Waals surface area contributed by atoms with Crippen molar-refractivity contribution in [3.63, 3.8) is 0 Å². The third-order valence-electron chi connectivity index (χ3n) is 2.46. The smallest absolute Gasteiger partial charge is 0.310 e. The van der Waals surface area contributed by atoms with Crippen molar-refractivity contribution >= 4 is 29.2 Å². The van der Waals surface area contributed by atoms with E-state index in [4.69, 9.17) is 11.6 Å². The lowest BCUT2D eigenvalue weighted by molar-refractivity contribution is -0.139. The number of nitrogens with one attached hydrogen (secondary N) is 1. The molecule has 0 aliphatic carbocycles. The van der Waals surface area contributed by atoms with Crippen LogP contribution in [0.2, 0.25) is 5.02 Å². The number of halogens is 1. The maximum absolute atomic E-state index is 11.2. The molecule has 0 fully saturated rings. The predicted octanol–water partition coefficient (Wildman–Crippen LogP) is 1.55. The summed E-state index contributed by atoms with van der Waals surface area (Å²) in [6.45, 7) is 0. The Hall–Kier alpha value is -1.55. The van der Waals surface area contributed by atoms with E-state index in [1.165, 1.54) is 7.11 Å². The van der Waals surface area contributed by atoms with Gasteiger partial charge in [0.15, 0.2) is 0 Å². The highest BCUT2D eigenvalue weighted by Gasteiger charge is 2.20. The van der Waals surface area contributed by atoms with Crippen LogP contribution < -0.4 is 5.32 Å². The van der Waals surface area contributed by atoms with Gasteiger partial charge in [0, 0.05) is 10.7 Å². The fourth-order valence-corrected chi connectivity index (χ4v) is 1.89. The second kappa shape index (κ2) is 4.14. The fraction of sp³-hybridized carbons (Fsp3) is 0.273. The lowest BCUT2D eigenvalue weighted by Gasteiger charge is -2.06. The van der Waals surface area contributed by atoms with Crippen LogP contribution in [-0.4, -0.2) is 19.0 Å². The van der Waals surface area contributed by atoms with Crippen molar-refractivity contribution in [1.82, 2.24) is 0 Å². The zero-order valence-corrected chi connectivity index (χ0v) is 9.43. The third-order valence-corrected chi connectivity index (χ3v) is 2.81. The molecule has 1 aromatic rings. The minimum Gasteiger partial charge on any atom is -0.469 e. The summed E-state index contributed by atoms with van der Waals surface area (Å²) in [5, 5.41) is 3.16. The first-order valence-electron chi connectivity index (χ1n) is 4.78. The van der Waals surface area contributed by atoms with Crippen LogP contribution in [-0.2, 0) is 27.2 Å². The van der Waals surface area contributed by atoms with Crippen LogP contribution in [0, 0.1) is 0 Å². The van der Waals surface area contributed by atoms with Crippen molar-refractivity contribution < 1.29 is 14.3 Å². The van der Waals surface area contributed by atoms with Crippen molar-refractivity contribution in [2.24, 2.45) is 0 Å². The van der Waals surface area contributed by atoms with Crippen LogP contribution in [0.15, 0.2) is 12.1 Å². The van der Waals surface area contributed by atoms with Gasteiger partial charge >= 0.3 is 5.97 Å². The van der Waals surface area contributed by atoms with Crippen LogP contribution in [0.1, 0.15) is 11.1 Å². The first-order chi connectivity index (χ1) is 7.60. The Bertz CT molecular complexity index is 471. The SMILES string of the molecule is COC(=O)Cc1cc2c(cc1Cl)NC(=O)C2. The van der Waals surface area contributed by atoms with Gasteiger partial charge in [-0.1, -0.05) is 17.7 Å². The molecule has 5 heteroatoms. The van der Waals surface area contributed by atoms with Gasteiger partial charge in [-0.2, -0.15) is 0 Å². The molecule has 0 spiro atoms. The summed E-state index contributed by atoms with van der Waals surface area (Å²) in [6.07, 6.45) is 0.456. The Labute approximate surface area is 97.5 Å². The quantitative estimate of drug-likeness (QED) is 0.797. The topological polar surface area (TPSA) is 55.4 Å². The van der Waals surface area contributed by atoms with E-state index in [2.05, 4.69) is 10.1 Å². The number of methoxy groups -OCH3 is 1. The highest BCUT2D eigenvalue weighted by molar-refractivity contribution is 6.32. The van der Waals surface area contributed by atoms with E-state index in [-0.39, 0.29) is 18.3 Å². The molecule has 0 aromatic heterocycles. The normalized spacial score (nSPS) is 13.2. The number of benzene rings is 1. The van der Waals surface area contributed by atoms with Gasteiger partial charge in [-0.15, -0.1) is 0 Å². The van der Waals surface area contributed by atoms with Gasteiger partial charge in [0.05, 0.1) is 20.0 Å². The van der Waals surface area contributed by atoms with Crippen LogP contribution in [0.4, 0.5) is 5.69 Å². The summed E-state index contributed by atoms with van der Waals surface area (Å²) in [5.41, 5.74) is 2.28. The van der Waals surface area contributed by atoms with Crippen LogP contribution in [0.5, 0.6) is 0 Å². The third kappa shape index (κ3) is 2.02. The van der Waals surface area contributed by atoms with Gasteiger partial charge in [-0.05, 0) is 17.2 Å². The minimum absolute atomic E-state index is 0.0544. The monoisotopic (exact) mass is 239 g/mol. The molecular weight excluding hydrogens is 230 g/mol. The largest absolute Gasteiger partial charge is 0.469 e. The molecule has 0 radical (unpaired) electrons. The van der Waals surface area contributed by atoms with E-state index in [0.29, 0.717) is 17.0 Å². The summed E-state index contributed by atoms with van der Waals surface area (Å²) in [5.74, 6) is -0.402. The summed E-state index contributed by atoms with van der Waals surface area (Å²) >= 11 is 6.00. The molecule has 4 nitrogen and oxygen atoms in total. The molecule has 1 aliphatic rings. The zero-order valence-electron chi connectivity index (χ0n) is 8.67. The fourth-order valence-electron chi connectivity index (χ4n) is 1.66. The lowest BCUT2D eigenvalue weighted by atomic mass is 10.1. The van der Waals surface area contributed by atoms with Crippen molar-refractivity contribution in [2.75, 3.05) is 12.4 Å². The second-order valence-corrected chi connectivity index (χ2v) is 3.99. The first kappa shape index (κ1) is 11.0. The number of fused-ring (bicyclic) bond motifs is 1. The molecule has 0 unspecified atom stereocenters. The van der Waals surface area contributed by atoms with Crippen molar-refractivity contribution in [3.8, 4) is 0 Å². The number of anilines is 1. The Morgan fingerprint density at radius 3 is 3.00 bits per heavy atom. The Kier molecular flexibility index (Phi) is 2.83. The van der Waals surface area contributed by atoms with Crippen LogP contribution in [0.3, 0.4) is 0 Å². The van der Waals surface area contributed by atoms with E-state index >= 15 is 0 Å². The van der Waals surface area contributed by atoms with Crippen LogP contribution >= 0.6 is 11.6 Å². The molecule has 1 N–H and O–H groups in total. The molecule has 1 aliphatic heterocycles. The standard InChI is InChI=1S/C11H10ClNO3/c1-16-11(15)4-6-2-7-3-10(14)13-9(7)5-8(6)12/h2,5H,3-4H2,1H3,(H,13,14). The molecular formula is C11H10ClNO3. The van der Waals surface area contributed by atoms with Crippen molar-refractivity contribution in [2.45, 2.75) is 12.8 Å². The highest BCUT2D eigenvalue weighted by atomic mass is 35.5. The molecule has 1 heterocycles. The van der Waals surface area contributed by atoms with E-state index in [0.717, 1.165) is 11.3 Å². The number of amides is 1. The van der Waals surface area contributed by atoms with E-state index in [9.17, 15) is 9.59 Å². The molecule has 1 amide bonds. The van der Waals surface area contributed by atoms with Gasteiger partial charge in [0.1, 0.15) is 0 Å². The predicted molar refractivity (Wildman–Crippen MR) is 59.5 cm³/mol. The van der Waals surface area contributed by atoms with Crippen molar-refractivity contribution in [1.29, 1.82) is 0 Å². The average molecular weight is 240 g/mol. The molecule has 16 heavy (non-hydrogen) atoms. The Morgan fingerprint density at radius 2 is 2.31 bits per heavy atom. The number of hydrogen-bond acceptors (Lipinski definition) is 3. The molecule has 0 saturated carbocycles. The molecule has 2 rings (SSSR count). The van der Waals surface area contributed by atoms with Crippen molar-refractivity contribution in [3.05, 3.63) is 28.3 Å². The Morgan fingerprint density at radius 1 is 1.56 bits per heavy atom. The van der Waals surface area contributed by atoms with Gasteiger partial charge in [0.2, 0.25) is 5.91 Å². The van der Waals surface area contributed by atoms with E-state index in [1.807, 2.05) is 0 Å². The summed E-state index contributed by atoms with van der Waals surface area (Å²) in [6, 6.07) is 3.44. The van der Waals surface area contributed by atoms with E-state index in [1.54, 1.807) is 12.1 Å². The van der Waals surface area contributed by atoms with Gasteiger partial charge in [-0.3, -0.25) is 9.59 Å². The lowest BCUT2D eigenvalue weighted by Crippen LogP contribution is -2.05.